The predicted molar refractivity (Wildman–Crippen MR) is 70.0 cm³/mol. The average molecular weight is 266 g/mol. The topological polar surface area (TPSA) is 88.5 Å². The van der Waals surface area contributed by atoms with Gasteiger partial charge in [0.15, 0.2) is 0 Å². The highest BCUT2D eigenvalue weighted by atomic mass is 16.5. The third kappa shape index (κ3) is 4.24. The molecule has 0 amide bonds. The van der Waals surface area contributed by atoms with E-state index in [4.69, 9.17) is 5.11 Å². The number of rotatable bonds is 6. The molecule has 0 fully saturated rings. The molecule has 2 N–H and O–H groups in total. The second-order valence-corrected chi connectivity index (χ2v) is 4.49. The van der Waals surface area contributed by atoms with Crippen molar-refractivity contribution in [2.24, 2.45) is 11.8 Å². The molecule has 6 heteroatoms. The second kappa shape index (κ2) is 6.72. The lowest BCUT2D eigenvalue weighted by atomic mass is 9.96. The van der Waals surface area contributed by atoms with Gasteiger partial charge in [-0.1, -0.05) is 13.8 Å². The van der Waals surface area contributed by atoms with Crippen LogP contribution in [0.5, 0.6) is 0 Å². The number of carbonyl (C=O) groups is 2. The van der Waals surface area contributed by atoms with Crippen molar-refractivity contribution in [3.8, 4) is 0 Å². The summed E-state index contributed by atoms with van der Waals surface area (Å²) in [5.41, 5.74) is 0.372. The first-order valence-corrected chi connectivity index (χ1v) is 5.96. The fraction of sp³-hybridized carbons (Fsp3) is 0.462. The van der Waals surface area contributed by atoms with Crippen molar-refractivity contribution in [3.05, 3.63) is 23.9 Å². The van der Waals surface area contributed by atoms with Crippen LogP contribution in [0.15, 0.2) is 18.3 Å². The molecule has 19 heavy (non-hydrogen) atoms. The summed E-state index contributed by atoms with van der Waals surface area (Å²) < 4.78 is 4.60. The third-order valence-corrected chi connectivity index (χ3v) is 2.81. The van der Waals surface area contributed by atoms with Gasteiger partial charge >= 0.3 is 11.9 Å². The Labute approximate surface area is 111 Å². The summed E-state index contributed by atoms with van der Waals surface area (Å²) >= 11 is 0. The summed E-state index contributed by atoms with van der Waals surface area (Å²) in [7, 11) is 1.30. The maximum atomic E-state index is 11.3. The Bertz CT molecular complexity index is 460. The summed E-state index contributed by atoms with van der Waals surface area (Å²) in [6, 6.07) is 3.07. The number of aromatic nitrogens is 1. The van der Waals surface area contributed by atoms with Crippen LogP contribution in [0, 0.1) is 11.8 Å². The van der Waals surface area contributed by atoms with Crippen LogP contribution < -0.4 is 5.32 Å². The van der Waals surface area contributed by atoms with E-state index in [-0.39, 0.29) is 12.5 Å². The van der Waals surface area contributed by atoms with Crippen molar-refractivity contribution >= 4 is 17.8 Å². The average Bonchev–Trinajstić information content (AvgIpc) is 2.37. The molecule has 1 aromatic rings. The van der Waals surface area contributed by atoms with Gasteiger partial charge in [0, 0.05) is 12.7 Å². The zero-order chi connectivity index (χ0) is 14.4. The van der Waals surface area contributed by atoms with Crippen LogP contribution in [0.2, 0.25) is 0 Å². The molecule has 104 valence electrons. The molecule has 0 saturated heterocycles. The summed E-state index contributed by atoms with van der Waals surface area (Å²) in [5, 5.41) is 12.0. The lowest BCUT2D eigenvalue weighted by Gasteiger charge is -2.17. The number of pyridine rings is 1. The molecule has 1 atom stereocenters. The van der Waals surface area contributed by atoms with E-state index in [9.17, 15) is 9.59 Å². The number of hydrogen-bond donors (Lipinski definition) is 2. The number of aliphatic carboxylic acids is 1. The van der Waals surface area contributed by atoms with Crippen LogP contribution >= 0.6 is 0 Å². The van der Waals surface area contributed by atoms with Crippen molar-refractivity contribution in [2.75, 3.05) is 19.0 Å². The van der Waals surface area contributed by atoms with Gasteiger partial charge in [-0.15, -0.1) is 0 Å². The minimum absolute atomic E-state index is 0.00814. The van der Waals surface area contributed by atoms with E-state index in [1.54, 1.807) is 0 Å². The number of nitrogens with zero attached hydrogens (tertiary/aromatic N) is 1. The molecule has 1 rings (SSSR count). The van der Waals surface area contributed by atoms with Gasteiger partial charge in [0.1, 0.15) is 5.82 Å². The Morgan fingerprint density at radius 2 is 2.16 bits per heavy atom. The number of anilines is 1. The molecule has 0 aliphatic heterocycles. The van der Waals surface area contributed by atoms with Crippen molar-refractivity contribution in [3.63, 3.8) is 0 Å². The molecule has 0 aliphatic rings. The van der Waals surface area contributed by atoms with Gasteiger partial charge in [-0.05, 0) is 18.1 Å². The highest BCUT2D eigenvalue weighted by molar-refractivity contribution is 5.90. The normalized spacial score (nSPS) is 12.0. The van der Waals surface area contributed by atoms with E-state index in [2.05, 4.69) is 15.0 Å². The SMILES string of the molecule is COC(=O)c1ccnc(NCC(C(=O)O)C(C)C)c1. The maximum Gasteiger partial charge on any atom is 0.338 e. The van der Waals surface area contributed by atoms with Gasteiger partial charge in [-0.2, -0.15) is 0 Å². The monoisotopic (exact) mass is 266 g/mol. The van der Waals surface area contributed by atoms with Gasteiger partial charge in [0.05, 0.1) is 18.6 Å². The van der Waals surface area contributed by atoms with Crippen molar-refractivity contribution in [2.45, 2.75) is 13.8 Å². The molecular weight excluding hydrogens is 248 g/mol. The van der Waals surface area contributed by atoms with Crippen LogP contribution in [0.25, 0.3) is 0 Å². The molecule has 0 aromatic carbocycles. The first-order chi connectivity index (χ1) is 8.95. The van der Waals surface area contributed by atoms with Crippen LogP contribution in [-0.2, 0) is 9.53 Å². The lowest BCUT2D eigenvalue weighted by Crippen LogP contribution is -2.27. The Morgan fingerprint density at radius 3 is 2.68 bits per heavy atom. The van der Waals surface area contributed by atoms with Gasteiger partial charge in [0.2, 0.25) is 0 Å². The molecule has 0 saturated carbocycles. The largest absolute Gasteiger partial charge is 0.481 e. The summed E-state index contributed by atoms with van der Waals surface area (Å²) in [6.45, 7) is 3.95. The first kappa shape index (κ1) is 14.9. The van der Waals surface area contributed by atoms with Gasteiger partial charge in [0.25, 0.3) is 0 Å². The van der Waals surface area contributed by atoms with Gasteiger partial charge < -0.3 is 15.2 Å². The Morgan fingerprint density at radius 1 is 1.47 bits per heavy atom. The molecule has 1 aromatic heterocycles. The predicted octanol–water partition coefficient (Wildman–Crippen LogP) is 1.64. The minimum atomic E-state index is -0.855. The fourth-order valence-electron chi connectivity index (χ4n) is 1.59. The third-order valence-electron chi connectivity index (χ3n) is 2.81. The van der Waals surface area contributed by atoms with Crippen LogP contribution in [0.1, 0.15) is 24.2 Å². The van der Waals surface area contributed by atoms with Crippen molar-refractivity contribution in [1.82, 2.24) is 4.98 Å². The van der Waals surface area contributed by atoms with E-state index >= 15 is 0 Å². The number of methoxy groups -OCH3 is 1. The summed E-state index contributed by atoms with van der Waals surface area (Å²) in [5.74, 6) is -1.36. The van der Waals surface area contributed by atoms with E-state index < -0.39 is 17.9 Å². The van der Waals surface area contributed by atoms with E-state index in [1.807, 2.05) is 13.8 Å². The summed E-state index contributed by atoms with van der Waals surface area (Å²) in [4.78, 5) is 26.4. The van der Waals surface area contributed by atoms with Crippen molar-refractivity contribution < 1.29 is 19.4 Å². The van der Waals surface area contributed by atoms with Crippen LogP contribution in [0.4, 0.5) is 5.82 Å². The maximum absolute atomic E-state index is 11.3. The quantitative estimate of drug-likeness (QED) is 0.761. The zero-order valence-corrected chi connectivity index (χ0v) is 11.2. The molecular formula is C13H18N2O4. The van der Waals surface area contributed by atoms with Crippen LogP contribution in [-0.4, -0.2) is 35.7 Å². The first-order valence-electron chi connectivity index (χ1n) is 5.96. The standard InChI is InChI=1S/C13H18N2O4/c1-8(2)10(12(16)17)7-15-11-6-9(4-5-14-11)13(18)19-3/h4-6,8,10H,7H2,1-3H3,(H,14,15)(H,16,17). The highest BCUT2D eigenvalue weighted by Crippen LogP contribution is 2.13. The number of ether oxygens (including phenoxy) is 1. The van der Waals surface area contributed by atoms with Crippen molar-refractivity contribution in [1.29, 1.82) is 0 Å². The molecule has 1 unspecified atom stereocenters. The van der Waals surface area contributed by atoms with E-state index in [0.29, 0.717) is 11.4 Å². The Kier molecular flexibility index (Phi) is 5.29. The molecule has 0 bridgehead atoms. The zero-order valence-electron chi connectivity index (χ0n) is 11.2. The number of carboxylic acid groups (broad SMARTS) is 1. The smallest absolute Gasteiger partial charge is 0.338 e. The van der Waals surface area contributed by atoms with Gasteiger partial charge in [-0.3, -0.25) is 4.79 Å². The van der Waals surface area contributed by atoms with Crippen LogP contribution in [0.3, 0.4) is 0 Å². The highest BCUT2D eigenvalue weighted by Gasteiger charge is 2.21. The number of carbonyl (C=O) groups excluding carboxylic acids is 1. The molecule has 0 radical (unpaired) electrons. The molecule has 0 spiro atoms. The molecule has 0 aliphatic carbocycles. The number of esters is 1. The number of hydrogen-bond acceptors (Lipinski definition) is 5. The minimum Gasteiger partial charge on any atom is -0.481 e. The Hall–Kier alpha value is -2.11. The van der Waals surface area contributed by atoms with E-state index in [1.165, 1.54) is 25.4 Å². The van der Waals surface area contributed by atoms with Gasteiger partial charge in [-0.25, -0.2) is 9.78 Å². The molecule has 1 heterocycles. The second-order valence-electron chi connectivity index (χ2n) is 4.49. The Balaban J connectivity index is 2.72. The number of carboxylic acids is 1. The lowest BCUT2D eigenvalue weighted by molar-refractivity contribution is -0.142. The molecule has 6 nitrogen and oxygen atoms in total. The summed E-state index contributed by atoms with van der Waals surface area (Å²) in [6.07, 6.45) is 1.47. The fourth-order valence-corrected chi connectivity index (χ4v) is 1.59. The number of nitrogens with one attached hydrogen (secondary N) is 1. The van der Waals surface area contributed by atoms with E-state index in [0.717, 1.165) is 0 Å².